The molecular weight excluding hydrogens is 124 g/mol. The first-order chi connectivity index (χ1) is 4.72. The van der Waals surface area contributed by atoms with Crippen molar-refractivity contribution in [1.82, 2.24) is 0 Å². The summed E-state index contributed by atoms with van der Waals surface area (Å²) in [5.41, 5.74) is 0. The molecule has 0 amide bonds. The molecule has 0 saturated heterocycles. The topological polar surface area (TPSA) is 17.1 Å². The number of ketones is 1. The van der Waals surface area contributed by atoms with E-state index < -0.39 is 0 Å². The van der Waals surface area contributed by atoms with Crippen LogP contribution in [0.15, 0.2) is 24.3 Å². The number of hydrogen-bond acceptors (Lipinski definition) is 1. The molecule has 0 fully saturated rings. The van der Waals surface area contributed by atoms with Gasteiger partial charge in [0.15, 0.2) is 0 Å². The van der Waals surface area contributed by atoms with Crippen molar-refractivity contribution in [3.8, 4) is 0 Å². The van der Waals surface area contributed by atoms with E-state index in [4.69, 9.17) is 0 Å². The van der Waals surface area contributed by atoms with E-state index in [0.717, 1.165) is 0 Å². The SMILES string of the molecule is CC(=O)C(C)C1C=CC=C1. The molecule has 1 atom stereocenters. The zero-order valence-electron chi connectivity index (χ0n) is 6.37. The Morgan fingerprint density at radius 2 is 1.90 bits per heavy atom. The van der Waals surface area contributed by atoms with E-state index in [1.54, 1.807) is 6.92 Å². The predicted molar refractivity (Wildman–Crippen MR) is 41.6 cm³/mol. The van der Waals surface area contributed by atoms with Gasteiger partial charge in [0.1, 0.15) is 5.78 Å². The van der Waals surface area contributed by atoms with Gasteiger partial charge in [-0.25, -0.2) is 0 Å². The Kier molecular flexibility index (Phi) is 2.05. The average Bonchev–Trinajstić information content (AvgIpc) is 2.36. The molecule has 0 aromatic rings. The molecule has 0 aromatic heterocycles. The maximum Gasteiger partial charge on any atom is 0.133 e. The van der Waals surface area contributed by atoms with Crippen molar-refractivity contribution in [1.29, 1.82) is 0 Å². The number of allylic oxidation sites excluding steroid dienone is 4. The fourth-order valence-electron chi connectivity index (χ4n) is 1.05. The molecule has 1 nitrogen and oxygen atoms in total. The van der Waals surface area contributed by atoms with Gasteiger partial charge < -0.3 is 0 Å². The Morgan fingerprint density at radius 1 is 1.40 bits per heavy atom. The molecule has 0 N–H and O–H groups in total. The monoisotopic (exact) mass is 136 g/mol. The summed E-state index contributed by atoms with van der Waals surface area (Å²) in [7, 11) is 0. The molecule has 0 aromatic carbocycles. The molecule has 1 heteroatoms. The van der Waals surface area contributed by atoms with Crippen molar-refractivity contribution in [2.75, 3.05) is 0 Å². The first-order valence-corrected chi connectivity index (χ1v) is 3.57. The highest BCUT2D eigenvalue weighted by Gasteiger charge is 2.16. The molecule has 0 bridgehead atoms. The van der Waals surface area contributed by atoms with Crippen molar-refractivity contribution < 1.29 is 4.79 Å². The Hall–Kier alpha value is -0.850. The number of hydrogen-bond donors (Lipinski definition) is 0. The van der Waals surface area contributed by atoms with Crippen LogP contribution in [-0.2, 0) is 4.79 Å². The summed E-state index contributed by atoms with van der Waals surface area (Å²) in [5, 5.41) is 0. The highest BCUT2D eigenvalue weighted by atomic mass is 16.1. The molecule has 10 heavy (non-hydrogen) atoms. The van der Waals surface area contributed by atoms with Gasteiger partial charge in [-0.2, -0.15) is 0 Å². The summed E-state index contributed by atoms with van der Waals surface area (Å²) in [6.07, 6.45) is 8.10. The number of Topliss-reactive ketones (excluding diaryl/α,β-unsaturated/α-hetero) is 1. The van der Waals surface area contributed by atoms with E-state index in [-0.39, 0.29) is 11.7 Å². The van der Waals surface area contributed by atoms with E-state index in [0.29, 0.717) is 5.92 Å². The molecule has 0 saturated carbocycles. The predicted octanol–water partition coefficient (Wildman–Crippen LogP) is 1.95. The third kappa shape index (κ3) is 1.35. The van der Waals surface area contributed by atoms with Crippen molar-refractivity contribution in [2.24, 2.45) is 11.8 Å². The van der Waals surface area contributed by atoms with Gasteiger partial charge in [-0.1, -0.05) is 31.2 Å². The molecule has 1 unspecified atom stereocenters. The van der Waals surface area contributed by atoms with Crippen molar-refractivity contribution in [3.05, 3.63) is 24.3 Å². The molecule has 1 aliphatic rings. The normalized spacial score (nSPS) is 19.8. The van der Waals surface area contributed by atoms with Crippen molar-refractivity contribution >= 4 is 5.78 Å². The summed E-state index contributed by atoms with van der Waals surface area (Å²) in [4.78, 5) is 10.9. The van der Waals surface area contributed by atoms with E-state index in [1.165, 1.54) is 0 Å². The van der Waals surface area contributed by atoms with Crippen LogP contribution < -0.4 is 0 Å². The largest absolute Gasteiger partial charge is 0.300 e. The molecule has 0 aliphatic heterocycles. The minimum absolute atomic E-state index is 0.148. The summed E-state index contributed by atoms with van der Waals surface area (Å²) in [5.74, 6) is 0.758. The molecule has 54 valence electrons. The van der Waals surface area contributed by atoms with Crippen LogP contribution in [0, 0.1) is 11.8 Å². The standard InChI is InChI=1S/C9H12O/c1-7(8(2)10)9-5-3-4-6-9/h3-7,9H,1-2H3. The van der Waals surface area contributed by atoms with Crippen LogP contribution in [0.2, 0.25) is 0 Å². The van der Waals surface area contributed by atoms with E-state index in [1.807, 2.05) is 19.1 Å². The maximum atomic E-state index is 10.9. The lowest BCUT2D eigenvalue weighted by molar-refractivity contribution is -0.120. The van der Waals surface area contributed by atoms with Gasteiger partial charge in [0, 0.05) is 11.8 Å². The number of carbonyl (C=O) groups is 1. The van der Waals surface area contributed by atoms with Gasteiger partial charge in [-0.05, 0) is 6.92 Å². The van der Waals surface area contributed by atoms with Crippen LogP contribution >= 0.6 is 0 Å². The molecule has 1 aliphatic carbocycles. The lowest BCUT2D eigenvalue weighted by Gasteiger charge is -2.10. The third-order valence-electron chi connectivity index (χ3n) is 2.00. The average molecular weight is 136 g/mol. The van der Waals surface area contributed by atoms with Crippen LogP contribution in [0.5, 0.6) is 0 Å². The van der Waals surface area contributed by atoms with Crippen molar-refractivity contribution in [2.45, 2.75) is 13.8 Å². The van der Waals surface area contributed by atoms with Crippen LogP contribution in [0.3, 0.4) is 0 Å². The highest BCUT2D eigenvalue weighted by Crippen LogP contribution is 2.19. The van der Waals surface area contributed by atoms with Crippen LogP contribution in [0.25, 0.3) is 0 Å². The first-order valence-electron chi connectivity index (χ1n) is 3.57. The second-order valence-corrected chi connectivity index (χ2v) is 2.75. The Bertz CT molecular complexity index is 177. The Labute approximate surface area is 61.4 Å². The summed E-state index contributed by atoms with van der Waals surface area (Å²) < 4.78 is 0. The molecule has 1 rings (SSSR count). The molecule has 0 heterocycles. The lowest BCUT2D eigenvalue weighted by atomic mass is 9.92. The van der Waals surface area contributed by atoms with E-state index in [2.05, 4.69) is 12.2 Å². The van der Waals surface area contributed by atoms with Gasteiger partial charge in [0.05, 0.1) is 0 Å². The quantitative estimate of drug-likeness (QED) is 0.567. The van der Waals surface area contributed by atoms with Crippen LogP contribution in [0.1, 0.15) is 13.8 Å². The minimum Gasteiger partial charge on any atom is -0.300 e. The second kappa shape index (κ2) is 2.82. The van der Waals surface area contributed by atoms with E-state index in [9.17, 15) is 4.79 Å². The summed E-state index contributed by atoms with van der Waals surface area (Å²) >= 11 is 0. The van der Waals surface area contributed by atoms with Gasteiger partial charge in [-0.15, -0.1) is 0 Å². The highest BCUT2D eigenvalue weighted by molar-refractivity contribution is 5.78. The van der Waals surface area contributed by atoms with E-state index >= 15 is 0 Å². The summed E-state index contributed by atoms with van der Waals surface area (Å²) in [6.45, 7) is 3.61. The zero-order chi connectivity index (χ0) is 7.56. The van der Waals surface area contributed by atoms with Gasteiger partial charge >= 0.3 is 0 Å². The minimum atomic E-state index is 0.148. The number of rotatable bonds is 2. The van der Waals surface area contributed by atoms with Crippen LogP contribution in [-0.4, -0.2) is 5.78 Å². The molecule has 0 spiro atoms. The number of carbonyl (C=O) groups excluding carboxylic acids is 1. The smallest absolute Gasteiger partial charge is 0.133 e. The third-order valence-corrected chi connectivity index (χ3v) is 2.00. The molecule has 0 radical (unpaired) electrons. The van der Waals surface area contributed by atoms with Gasteiger partial charge in [-0.3, -0.25) is 4.79 Å². The van der Waals surface area contributed by atoms with Gasteiger partial charge in [0.2, 0.25) is 0 Å². The maximum absolute atomic E-state index is 10.9. The second-order valence-electron chi connectivity index (χ2n) is 2.75. The zero-order valence-corrected chi connectivity index (χ0v) is 6.37. The van der Waals surface area contributed by atoms with Crippen LogP contribution in [0.4, 0.5) is 0 Å². The fraction of sp³-hybridized carbons (Fsp3) is 0.444. The lowest BCUT2D eigenvalue weighted by Crippen LogP contribution is -2.13. The fourth-order valence-corrected chi connectivity index (χ4v) is 1.05. The first kappa shape index (κ1) is 7.26. The Balaban J connectivity index is 2.57. The Morgan fingerprint density at radius 3 is 2.30 bits per heavy atom. The summed E-state index contributed by atoms with van der Waals surface area (Å²) in [6, 6.07) is 0. The molecular formula is C9H12O. The van der Waals surface area contributed by atoms with Crippen molar-refractivity contribution in [3.63, 3.8) is 0 Å². The van der Waals surface area contributed by atoms with Gasteiger partial charge in [0.25, 0.3) is 0 Å².